The molecule has 0 aromatic carbocycles. The minimum Gasteiger partial charge on any atom is -0.383 e. The first-order chi connectivity index (χ1) is 4.81. The number of ether oxygens (including phenoxy) is 1. The molecule has 0 aliphatic rings. The smallest absolute Gasteiger partial charge is 0.0613 e. The number of nitrogens with one attached hydrogen (secondary N) is 1. The molecule has 0 aliphatic heterocycles. The van der Waals surface area contributed by atoms with Crippen LogP contribution in [-0.4, -0.2) is 26.3 Å². The summed E-state index contributed by atoms with van der Waals surface area (Å²) in [5.74, 6) is 0. The lowest BCUT2D eigenvalue weighted by molar-refractivity contribution is 0.174. The molecule has 2 nitrogen and oxygen atoms in total. The maximum atomic E-state index is 5.31. The topological polar surface area (TPSA) is 21.3 Å². The molecule has 0 fully saturated rings. The molecule has 0 spiro atoms. The Morgan fingerprint density at radius 3 is 2.90 bits per heavy atom. The van der Waals surface area contributed by atoms with Crippen molar-refractivity contribution >= 4 is 11.6 Å². The van der Waals surface area contributed by atoms with E-state index in [4.69, 9.17) is 16.3 Å². The highest BCUT2D eigenvalue weighted by Gasteiger charge is 1.95. The third-order valence-electron chi connectivity index (χ3n) is 1.09. The summed E-state index contributed by atoms with van der Waals surface area (Å²) in [7, 11) is 1.69. The van der Waals surface area contributed by atoms with E-state index < -0.39 is 0 Å². The average molecular weight is 164 g/mol. The first-order valence-corrected chi connectivity index (χ1v) is 3.72. The molecule has 0 bridgehead atoms. The lowest BCUT2D eigenvalue weighted by atomic mass is 10.3. The predicted octanol–water partition coefficient (Wildman–Crippen LogP) is 1.36. The molecule has 0 amide bonds. The molecule has 0 aromatic heterocycles. The Labute approximate surface area is 67.2 Å². The van der Waals surface area contributed by atoms with Crippen LogP contribution < -0.4 is 5.32 Å². The fourth-order valence-corrected chi connectivity index (χ4v) is 0.712. The van der Waals surface area contributed by atoms with E-state index in [1.165, 1.54) is 5.54 Å². The van der Waals surface area contributed by atoms with Crippen molar-refractivity contribution < 1.29 is 4.74 Å². The molecule has 0 saturated carbocycles. The Morgan fingerprint density at radius 1 is 1.70 bits per heavy atom. The molecule has 1 atom stereocenters. The standard InChI is InChI=1S/C7H14ClNO/c1-7(6-10-2)9-5-3-4-8/h3-4,7,9H,5-6H2,1-2H3/b4-3+. The Morgan fingerprint density at radius 2 is 2.40 bits per heavy atom. The summed E-state index contributed by atoms with van der Waals surface area (Å²) >= 11 is 5.31. The normalized spacial score (nSPS) is 14.3. The summed E-state index contributed by atoms with van der Waals surface area (Å²) in [4.78, 5) is 0. The summed E-state index contributed by atoms with van der Waals surface area (Å²) in [6, 6.07) is 0.387. The molecule has 0 saturated heterocycles. The van der Waals surface area contributed by atoms with Gasteiger partial charge in [0.25, 0.3) is 0 Å². The largest absolute Gasteiger partial charge is 0.383 e. The molecule has 1 N–H and O–H groups in total. The molecule has 0 aromatic rings. The van der Waals surface area contributed by atoms with Crippen molar-refractivity contribution in [2.75, 3.05) is 20.3 Å². The Kier molecular flexibility index (Phi) is 7.03. The summed E-state index contributed by atoms with van der Waals surface area (Å²) in [5.41, 5.74) is 1.51. The molecular weight excluding hydrogens is 150 g/mol. The molecule has 10 heavy (non-hydrogen) atoms. The van der Waals surface area contributed by atoms with Crippen LogP contribution >= 0.6 is 11.6 Å². The lowest BCUT2D eigenvalue weighted by Gasteiger charge is -2.09. The van der Waals surface area contributed by atoms with Crippen LogP contribution in [0.1, 0.15) is 6.92 Å². The molecule has 0 aliphatic carbocycles. The van der Waals surface area contributed by atoms with Crippen molar-refractivity contribution in [2.45, 2.75) is 13.0 Å². The SMILES string of the molecule is COCC(C)NC/C=C/Cl. The first-order valence-electron chi connectivity index (χ1n) is 3.28. The van der Waals surface area contributed by atoms with Crippen LogP contribution in [0.2, 0.25) is 0 Å². The summed E-state index contributed by atoms with van der Waals surface area (Å²) in [6.07, 6.45) is 1.85. The molecule has 0 heterocycles. The van der Waals surface area contributed by atoms with Crippen molar-refractivity contribution in [3.8, 4) is 0 Å². The van der Waals surface area contributed by atoms with Gasteiger partial charge in [-0.15, -0.1) is 0 Å². The van der Waals surface area contributed by atoms with Gasteiger partial charge in [-0.05, 0) is 6.92 Å². The number of methoxy groups -OCH3 is 1. The molecular formula is C7H14ClNO. The number of rotatable bonds is 5. The number of hydrogen-bond acceptors (Lipinski definition) is 2. The third kappa shape index (κ3) is 6.08. The highest BCUT2D eigenvalue weighted by molar-refractivity contribution is 6.25. The van der Waals surface area contributed by atoms with Crippen molar-refractivity contribution in [2.24, 2.45) is 0 Å². The van der Waals surface area contributed by atoms with Crippen LogP contribution in [0, 0.1) is 0 Å². The van der Waals surface area contributed by atoms with Crippen LogP contribution in [0.3, 0.4) is 0 Å². The van der Waals surface area contributed by atoms with E-state index in [0.717, 1.165) is 13.2 Å². The summed E-state index contributed by atoms with van der Waals surface area (Å²) in [6.45, 7) is 3.59. The van der Waals surface area contributed by atoms with E-state index >= 15 is 0 Å². The van der Waals surface area contributed by atoms with Gasteiger partial charge in [0.05, 0.1) is 6.61 Å². The van der Waals surface area contributed by atoms with E-state index in [-0.39, 0.29) is 0 Å². The van der Waals surface area contributed by atoms with E-state index in [2.05, 4.69) is 12.2 Å². The Balaban J connectivity index is 3.12. The molecule has 60 valence electrons. The predicted molar refractivity (Wildman–Crippen MR) is 44.3 cm³/mol. The van der Waals surface area contributed by atoms with Crippen molar-refractivity contribution in [1.29, 1.82) is 0 Å². The Hall–Kier alpha value is -0.0500. The minimum absolute atomic E-state index is 0.387. The van der Waals surface area contributed by atoms with E-state index in [0.29, 0.717) is 6.04 Å². The summed E-state index contributed by atoms with van der Waals surface area (Å²) < 4.78 is 4.91. The van der Waals surface area contributed by atoms with Gasteiger partial charge in [0.15, 0.2) is 0 Å². The maximum absolute atomic E-state index is 5.31. The van der Waals surface area contributed by atoms with Gasteiger partial charge in [0.2, 0.25) is 0 Å². The van der Waals surface area contributed by atoms with Crippen LogP contribution in [-0.2, 0) is 4.74 Å². The monoisotopic (exact) mass is 163 g/mol. The molecule has 1 unspecified atom stereocenters. The van der Waals surface area contributed by atoms with Crippen molar-refractivity contribution in [3.63, 3.8) is 0 Å². The first kappa shape index (κ1) is 9.95. The number of halogens is 1. The van der Waals surface area contributed by atoms with E-state index in [1.807, 2.05) is 6.08 Å². The second-order valence-corrected chi connectivity index (χ2v) is 2.38. The van der Waals surface area contributed by atoms with Crippen LogP contribution in [0.25, 0.3) is 0 Å². The van der Waals surface area contributed by atoms with Crippen LogP contribution in [0.4, 0.5) is 0 Å². The lowest BCUT2D eigenvalue weighted by Crippen LogP contribution is -2.29. The molecule has 3 heteroatoms. The quantitative estimate of drug-likeness (QED) is 0.661. The van der Waals surface area contributed by atoms with Gasteiger partial charge >= 0.3 is 0 Å². The van der Waals surface area contributed by atoms with Crippen molar-refractivity contribution in [1.82, 2.24) is 5.32 Å². The van der Waals surface area contributed by atoms with Crippen LogP contribution in [0.5, 0.6) is 0 Å². The highest BCUT2D eigenvalue weighted by atomic mass is 35.5. The zero-order valence-electron chi connectivity index (χ0n) is 6.43. The average Bonchev–Trinajstić information content (AvgIpc) is 1.89. The highest BCUT2D eigenvalue weighted by Crippen LogP contribution is 1.82. The van der Waals surface area contributed by atoms with Crippen molar-refractivity contribution in [3.05, 3.63) is 11.6 Å². The third-order valence-corrected chi connectivity index (χ3v) is 1.27. The second-order valence-electron chi connectivity index (χ2n) is 2.13. The zero-order valence-corrected chi connectivity index (χ0v) is 7.19. The molecule has 0 radical (unpaired) electrons. The maximum Gasteiger partial charge on any atom is 0.0613 e. The fraction of sp³-hybridized carbons (Fsp3) is 0.714. The van der Waals surface area contributed by atoms with Crippen LogP contribution in [0.15, 0.2) is 11.6 Å². The van der Waals surface area contributed by atoms with Gasteiger partial charge in [-0.3, -0.25) is 0 Å². The van der Waals surface area contributed by atoms with E-state index in [9.17, 15) is 0 Å². The number of hydrogen-bond donors (Lipinski definition) is 1. The minimum atomic E-state index is 0.387. The Bertz CT molecular complexity index is 95.6. The summed E-state index contributed by atoms with van der Waals surface area (Å²) in [5, 5.41) is 3.19. The second kappa shape index (κ2) is 7.06. The fourth-order valence-electron chi connectivity index (χ4n) is 0.623. The van der Waals surface area contributed by atoms with Gasteiger partial charge < -0.3 is 10.1 Å². The van der Waals surface area contributed by atoms with Gasteiger partial charge in [0, 0.05) is 25.2 Å². The zero-order chi connectivity index (χ0) is 7.82. The van der Waals surface area contributed by atoms with Gasteiger partial charge in [-0.25, -0.2) is 0 Å². The van der Waals surface area contributed by atoms with E-state index in [1.54, 1.807) is 7.11 Å². The van der Waals surface area contributed by atoms with Gasteiger partial charge in [-0.2, -0.15) is 0 Å². The van der Waals surface area contributed by atoms with Gasteiger partial charge in [-0.1, -0.05) is 17.7 Å². The van der Waals surface area contributed by atoms with Gasteiger partial charge in [0.1, 0.15) is 0 Å². The molecule has 0 rings (SSSR count).